The first kappa shape index (κ1) is 17.7. The molecular formula is C18H24N4O2. The Kier molecular flexibility index (Phi) is 5.73. The van der Waals surface area contributed by atoms with E-state index < -0.39 is 0 Å². The van der Waals surface area contributed by atoms with Gasteiger partial charge in [0, 0.05) is 12.1 Å². The summed E-state index contributed by atoms with van der Waals surface area (Å²) in [5, 5.41) is 6.13. The van der Waals surface area contributed by atoms with E-state index in [0.717, 1.165) is 17.7 Å². The minimum absolute atomic E-state index is 0.0982. The van der Waals surface area contributed by atoms with E-state index in [1.165, 1.54) is 0 Å². The average molecular weight is 328 g/mol. The molecule has 1 unspecified atom stereocenters. The van der Waals surface area contributed by atoms with Crippen molar-refractivity contribution < 1.29 is 9.53 Å². The van der Waals surface area contributed by atoms with E-state index >= 15 is 0 Å². The van der Waals surface area contributed by atoms with Gasteiger partial charge in [-0.3, -0.25) is 4.79 Å². The third kappa shape index (κ3) is 4.44. The molecule has 6 heteroatoms. The molecule has 0 fully saturated rings. The second-order valence-electron chi connectivity index (χ2n) is 5.80. The van der Waals surface area contributed by atoms with E-state index in [1.54, 1.807) is 20.1 Å². The number of methoxy groups -OCH3 is 1. The first-order chi connectivity index (χ1) is 11.4. The molecule has 1 aromatic heterocycles. The molecule has 2 N–H and O–H groups in total. The third-order valence-corrected chi connectivity index (χ3v) is 3.68. The van der Waals surface area contributed by atoms with Crippen LogP contribution in [0, 0.1) is 13.8 Å². The number of aromatic nitrogens is 2. The fourth-order valence-electron chi connectivity index (χ4n) is 2.21. The van der Waals surface area contributed by atoms with Crippen molar-refractivity contribution in [1.29, 1.82) is 0 Å². The number of amides is 1. The van der Waals surface area contributed by atoms with Crippen LogP contribution < -0.4 is 15.4 Å². The van der Waals surface area contributed by atoms with E-state index in [-0.39, 0.29) is 11.9 Å². The summed E-state index contributed by atoms with van der Waals surface area (Å²) in [6, 6.07) is 7.57. The molecule has 1 heterocycles. The van der Waals surface area contributed by atoms with Crippen LogP contribution in [0.4, 0.5) is 11.5 Å². The fraction of sp³-hybridized carbons (Fsp3) is 0.389. The highest BCUT2D eigenvalue weighted by Crippen LogP contribution is 2.28. The lowest BCUT2D eigenvalue weighted by molar-refractivity contribution is 0.0934. The van der Waals surface area contributed by atoms with Gasteiger partial charge >= 0.3 is 0 Å². The number of carbonyl (C=O) groups excluding carboxylic acids is 1. The second kappa shape index (κ2) is 7.77. The zero-order chi connectivity index (χ0) is 17.7. The molecule has 0 bridgehead atoms. The SMILES string of the molecule is CCC(C)NC(=O)c1cc(Nc2cc(C)ccc2OC)nc(C)n1. The minimum Gasteiger partial charge on any atom is -0.495 e. The molecule has 0 saturated heterocycles. The molecule has 0 aliphatic heterocycles. The normalized spacial score (nSPS) is 11.7. The number of hydrogen-bond acceptors (Lipinski definition) is 5. The van der Waals surface area contributed by atoms with Gasteiger partial charge in [0.1, 0.15) is 23.1 Å². The summed E-state index contributed by atoms with van der Waals surface area (Å²) in [5.74, 6) is 1.60. The van der Waals surface area contributed by atoms with Crippen molar-refractivity contribution in [2.75, 3.05) is 12.4 Å². The number of rotatable bonds is 6. The number of nitrogens with one attached hydrogen (secondary N) is 2. The van der Waals surface area contributed by atoms with Gasteiger partial charge in [-0.1, -0.05) is 13.0 Å². The van der Waals surface area contributed by atoms with Gasteiger partial charge in [0.2, 0.25) is 0 Å². The summed E-state index contributed by atoms with van der Waals surface area (Å²) < 4.78 is 5.36. The van der Waals surface area contributed by atoms with Crippen molar-refractivity contribution in [3.63, 3.8) is 0 Å². The van der Waals surface area contributed by atoms with Gasteiger partial charge < -0.3 is 15.4 Å². The fourth-order valence-corrected chi connectivity index (χ4v) is 2.21. The minimum atomic E-state index is -0.200. The molecule has 0 aliphatic rings. The highest BCUT2D eigenvalue weighted by molar-refractivity contribution is 5.93. The first-order valence-electron chi connectivity index (χ1n) is 8.01. The van der Waals surface area contributed by atoms with Crippen molar-refractivity contribution in [2.45, 2.75) is 40.2 Å². The van der Waals surface area contributed by atoms with Crippen molar-refractivity contribution in [3.05, 3.63) is 41.3 Å². The van der Waals surface area contributed by atoms with Gasteiger partial charge in [-0.15, -0.1) is 0 Å². The van der Waals surface area contributed by atoms with Gasteiger partial charge in [-0.25, -0.2) is 9.97 Å². The highest BCUT2D eigenvalue weighted by Gasteiger charge is 2.13. The van der Waals surface area contributed by atoms with Crippen LogP contribution >= 0.6 is 0 Å². The summed E-state index contributed by atoms with van der Waals surface area (Å²) in [6.45, 7) is 7.75. The molecule has 1 amide bonds. The van der Waals surface area contributed by atoms with E-state index in [1.807, 2.05) is 39.0 Å². The number of nitrogens with zero attached hydrogens (tertiary/aromatic N) is 2. The quantitative estimate of drug-likeness (QED) is 0.850. The number of carbonyl (C=O) groups is 1. The summed E-state index contributed by atoms with van der Waals surface area (Å²) in [6.07, 6.45) is 0.863. The average Bonchev–Trinajstić information content (AvgIpc) is 2.54. The molecule has 0 saturated carbocycles. The lowest BCUT2D eigenvalue weighted by atomic mass is 10.2. The molecule has 0 spiro atoms. The van der Waals surface area contributed by atoms with Crippen molar-refractivity contribution in [3.8, 4) is 5.75 Å². The molecule has 2 aromatic rings. The van der Waals surface area contributed by atoms with E-state index in [2.05, 4.69) is 20.6 Å². The van der Waals surface area contributed by atoms with Crippen LogP contribution in [0.2, 0.25) is 0 Å². The predicted octanol–water partition coefficient (Wildman–Crippen LogP) is 3.37. The molecule has 1 aromatic carbocycles. The van der Waals surface area contributed by atoms with E-state index in [0.29, 0.717) is 23.1 Å². The zero-order valence-corrected chi connectivity index (χ0v) is 14.8. The Bertz CT molecular complexity index is 731. The molecular weight excluding hydrogens is 304 g/mol. The van der Waals surface area contributed by atoms with Crippen LogP contribution in [-0.2, 0) is 0 Å². The van der Waals surface area contributed by atoms with Gasteiger partial charge in [-0.05, 0) is 44.9 Å². The molecule has 128 valence electrons. The Morgan fingerprint density at radius 3 is 2.67 bits per heavy atom. The molecule has 0 aliphatic carbocycles. The number of aryl methyl sites for hydroxylation is 2. The number of hydrogen-bond donors (Lipinski definition) is 2. The molecule has 0 radical (unpaired) electrons. The van der Waals surface area contributed by atoms with Gasteiger partial charge in [0.05, 0.1) is 12.8 Å². The zero-order valence-electron chi connectivity index (χ0n) is 14.8. The Balaban J connectivity index is 2.29. The van der Waals surface area contributed by atoms with Crippen LogP contribution in [0.25, 0.3) is 0 Å². The maximum atomic E-state index is 12.3. The smallest absolute Gasteiger partial charge is 0.270 e. The topological polar surface area (TPSA) is 76.1 Å². The standard InChI is InChI=1S/C18H24N4O2/c1-6-12(3)19-18(23)15-10-17(21-13(4)20-15)22-14-9-11(2)7-8-16(14)24-5/h7-10,12H,6H2,1-5H3,(H,19,23)(H,20,21,22). The van der Waals surface area contributed by atoms with Crippen LogP contribution in [-0.4, -0.2) is 29.0 Å². The maximum absolute atomic E-state index is 12.3. The monoisotopic (exact) mass is 328 g/mol. The third-order valence-electron chi connectivity index (χ3n) is 3.68. The highest BCUT2D eigenvalue weighted by atomic mass is 16.5. The Hall–Kier alpha value is -2.63. The van der Waals surface area contributed by atoms with Crippen LogP contribution in [0.15, 0.2) is 24.3 Å². The summed E-state index contributed by atoms with van der Waals surface area (Å²) in [4.78, 5) is 20.9. The number of ether oxygens (including phenoxy) is 1. The predicted molar refractivity (Wildman–Crippen MR) is 95.0 cm³/mol. The summed E-state index contributed by atoms with van der Waals surface area (Å²) >= 11 is 0. The molecule has 1 atom stereocenters. The summed E-state index contributed by atoms with van der Waals surface area (Å²) in [5.41, 5.74) is 2.24. The Morgan fingerprint density at radius 1 is 1.25 bits per heavy atom. The molecule has 2 rings (SSSR count). The molecule has 6 nitrogen and oxygen atoms in total. The first-order valence-corrected chi connectivity index (χ1v) is 8.01. The summed E-state index contributed by atoms with van der Waals surface area (Å²) in [7, 11) is 1.62. The van der Waals surface area contributed by atoms with Crippen molar-refractivity contribution >= 4 is 17.4 Å². The number of benzene rings is 1. The van der Waals surface area contributed by atoms with E-state index in [4.69, 9.17) is 4.74 Å². The van der Waals surface area contributed by atoms with Crippen LogP contribution in [0.3, 0.4) is 0 Å². The second-order valence-corrected chi connectivity index (χ2v) is 5.80. The van der Waals surface area contributed by atoms with Gasteiger partial charge in [0.15, 0.2) is 0 Å². The largest absolute Gasteiger partial charge is 0.495 e. The Labute approximate surface area is 142 Å². The van der Waals surface area contributed by atoms with Crippen molar-refractivity contribution in [1.82, 2.24) is 15.3 Å². The van der Waals surface area contributed by atoms with Crippen molar-refractivity contribution in [2.24, 2.45) is 0 Å². The van der Waals surface area contributed by atoms with Crippen LogP contribution in [0.1, 0.15) is 42.1 Å². The maximum Gasteiger partial charge on any atom is 0.270 e. The van der Waals surface area contributed by atoms with E-state index in [9.17, 15) is 4.79 Å². The number of anilines is 2. The van der Waals surface area contributed by atoms with Crippen LogP contribution in [0.5, 0.6) is 5.75 Å². The lowest BCUT2D eigenvalue weighted by Crippen LogP contribution is -2.32. The van der Waals surface area contributed by atoms with Gasteiger partial charge in [-0.2, -0.15) is 0 Å². The molecule has 24 heavy (non-hydrogen) atoms. The van der Waals surface area contributed by atoms with Gasteiger partial charge in [0.25, 0.3) is 5.91 Å². The lowest BCUT2D eigenvalue weighted by Gasteiger charge is -2.14. The Morgan fingerprint density at radius 2 is 2.00 bits per heavy atom.